The van der Waals surface area contributed by atoms with E-state index in [1.165, 1.54) is 24.0 Å². The number of fused-ring (bicyclic) bond motifs is 4. The van der Waals surface area contributed by atoms with Crippen LogP contribution in [0, 0.1) is 11.8 Å². The fraction of sp³-hybridized carbons (Fsp3) is 0.393. The van der Waals surface area contributed by atoms with Crippen molar-refractivity contribution in [2.24, 2.45) is 11.8 Å². The Hall–Kier alpha value is -2.89. The van der Waals surface area contributed by atoms with Gasteiger partial charge in [-0.3, -0.25) is 9.88 Å². The molecular formula is C28H32N2O3. The van der Waals surface area contributed by atoms with Crippen LogP contribution in [0.3, 0.4) is 0 Å². The molecule has 3 aromatic rings. The second kappa shape index (κ2) is 9.54. The summed E-state index contributed by atoms with van der Waals surface area (Å²) in [5, 5.41) is 1.16. The van der Waals surface area contributed by atoms with Crippen molar-refractivity contribution in [3.8, 4) is 11.5 Å². The molecule has 3 saturated heterocycles. The minimum Gasteiger partial charge on any atom is -0.497 e. The zero-order chi connectivity index (χ0) is 22.8. The van der Waals surface area contributed by atoms with Crippen molar-refractivity contribution in [1.82, 2.24) is 9.88 Å². The standard InChI is InChI=1S/C28H32N2O3/c1-4-19-17-30-14-12-21(19)15-27(30)28(20-5-7-22(8-6-20)33-18-31-2)24-11-13-29-26-10-9-23(32-3)16-25(24)26/h4-11,13,16,19,21,27-28H,1,12,14-15,17-18H2,2-3H3/t19-,21-,27-,28-/m0/s1. The van der Waals surface area contributed by atoms with Crippen molar-refractivity contribution in [3.05, 3.63) is 78.5 Å². The molecule has 0 aliphatic carbocycles. The van der Waals surface area contributed by atoms with Crippen LogP contribution in [-0.2, 0) is 4.74 Å². The van der Waals surface area contributed by atoms with Crippen molar-refractivity contribution >= 4 is 10.9 Å². The molecule has 0 saturated carbocycles. The molecule has 33 heavy (non-hydrogen) atoms. The highest BCUT2D eigenvalue weighted by Crippen LogP contribution is 2.45. The monoisotopic (exact) mass is 444 g/mol. The van der Waals surface area contributed by atoms with E-state index in [4.69, 9.17) is 14.2 Å². The summed E-state index contributed by atoms with van der Waals surface area (Å²) in [4.78, 5) is 7.32. The molecule has 5 atom stereocenters. The van der Waals surface area contributed by atoms with E-state index < -0.39 is 0 Å². The number of nitrogens with zero attached hydrogens (tertiary/aromatic N) is 2. The Bertz CT molecular complexity index is 1110. The predicted octanol–water partition coefficient (Wildman–Crippen LogP) is 5.25. The van der Waals surface area contributed by atoms with Gasteiger partial charge < -0.3 is 14.2 Å². The number of hydrogen-bond donors (Lipinski definition) is 0. The molecule has 0 radical (unpaired) electrons. The molecule has 3 aliphatic heterocycles. The van der Waals surface area contributed by atoms with Crippen molar-refractivity contribution < 1.29 is 14.2 Å². The maximum Gasteiger partial charge on any atom is 0.188 e. The Balaban J connectivity index is 1.60. The van der Waals surface area contributed by atoms with Crippen LogP contribution in [0.5, 0.6) is 11.5 Å². The molecule has 5 nitrogen and oxygen atoms in total. The van der Waals surface area contributed by atoms with Crippen LogP contribution in [0.2, 0.25) is 0 Å². The summed E-state index contributed by atoms with van der Waals surface area (Å²) >= 11 is 0. The number of pyridine rings is 1. The Kier molecular flexibility index (Phi) is 6.34. The van der Waals surface area contributed by atoms with E-state index in [0.29, 0.717) is 17.9 Å². The molecule has 172 valence electrons. The van der Waals surface area contributed by atoms with E-state index in [1.54, 1.807) is 14.2 Å². The summed E-state index contributed by atoms with van der Waals surface area (Å²) in [5.41, 5.74) is 3.60. The van der Waals surface area contributed by atoms with Crippen LogP contribution < -0.4 is 9.47 Å². The van der Waals surface area contributed by atoms with Crippen LogP contribution in [0.4, 0.5) is 0 Å². The van der Waals surface area contributed by atoms with Gasteiger partial charge in [0.05, 0.1) is 12.6 Å². The Morgan fingerprint density at radius 1 is 1.12 bits per heavy atom. The fourth-order valence-electron chi connectivity index (χ4n) is 5.78. The highest BCUT2D eigenvalue weighted by Gasteiger charge is 2.43. The largest absolute Gasteiger partial charge is 0.497 e. The topological polar surface area (TPSA) is 43.8 Å². The van der Waals surface area contributed by atoms with Gasteiger partial charge in [-0.05, 0) is 78.7 Å². The molecule has 0 amide bonds. The quantitative estimate of drug-likeness (QED) is 0.351. The van der Waals surface area contributed by atoms with E-state index in [-0.39, 0.29) is 12.7 Å². The third-order valence-electron chi connectivity index (χ3n) is 7.44. The molecule has 1 aromatic heterocycles. The number of methoxy groups -OCH3 is 2. The number of rotatable bonds is 8. The summed E-state index contributed by atoms with van der Waals surface area (Å²) in [5.74, 6) is 3.20. The van der Waals surface area contributed by atoms with E-state index in [9.17, 15) is 0 Å². The van der Waals surface area contributed by atoms with E-state index >= 15 is 0 Å². The predicted molar refractivity (Wildman–Crippen MR) is 131 cm³/mol. The first-order chi connectivity index (χ1) is 16.2. The second-order valence-electron chi connectivity index (χ2n) is 9.13. The van der Waals surface area contributed by atoms with Gasteiger partial charge in [-0.1, -0.05) is 18.2 Å². The van der Waals surface area contributed by atoms with Crippen molar-refractivity contribution in [1.29, 1.82) is 0 Å². The third kappa shape index (κ3) is 4.23. The molecule has 4 heterocycles. The smallest absolute Gasteiger partial charge is 0.188 e. The third-order valence-corrected chi connectivity index (χ3v) is 7.44. The van der Waals surface area contributed by atoms with Gasteiger partial charge in [0.1, 0.15) is 11.5 Å². The van der Waals surface area contributed by atoms with Crippen LogP contribution in [0.15, 0.2) is 67.4 Å². The number of hydrogen-bond acceptors (Lipinski definition) is 5. The number of piperidine rings is 3. The Morgan fingerprint density at radius 3 is 2.64 bits per heavy atom. The van der Waals surface area contributed by atoms with Crippen LogP contribution in [-0.4, -0.2) is 50.0 Å². The molecule has 0 spiro atoms. The lowest BCUT2D eigenvalue weighted by atomic mass is 9.69. The number of ether oxygens (including phenoxy) is 3. The van der Waals surface area contributed by atoms with E-state index in [2.05, 4.69) is 52.9 Å². The molecule has 0 N–H and O–H groups in total. The molecule has 5 heteroatoms. The van der Waals surface area contributed by atoms with Gasteiger partial charge in [-0.2, -0.15) is 0 Å². The van der Waals surface area contributed by atoms with Crippen molar-refractivity contribution in [3.63, 3.8) is 0 Å². The van der Waals surface area contributed by atoms with Crippen molar-refractivity contribution in [2.45, 2.75) is 24.8 Å². The summed E-state index contributed by atoms with van der Waals surface area (Å²) < 4.78 is 16.3. The maximum absolute atomic E-state index is 5.65. The molecule has 2 aromatic carbocycles. The van der Waals surface area contributed by atoms with Gasteiger partial charge in [0.2, 0.25) is 0 Å². The molecule has 2 bridgehead atoms. The first-order valence-corrected chi connectivity index (χ1v) is 11.7. The van der Waals surface area contributed by atoms with Crippen LogP contribution >= 0.6 is 0 Å². The summed E-state index contributed by atoms with van der Waals surface area (Å²) in [6.07, 6.45) is 6.54. The first kappa shape index (κ1) is 21.9. The molecular weight excluding hydrogens is 412 g/mol. The Morgan fingerprint density at radius 2 is 1.94 bits per heavy atom. The molecule has 3 fully saturated rings. The number of benzene rings is 2. The summed E-state index contributed by atoms with van der Waals surface area (Å²) in [7, 11) is 3.35. The minimum atomic E-state index is 0.229. The molecule has 1 unspecified atom stereocenters. The van der Waals surface area contributed by atoms with Gasteiger partial charge in [0.25, 0.3) is 0 Å². The van der Waals surface area contributed by atoms with E-state index in [1.807, 2.05) is 24.4 Å². The van der Waals surface area contributed by atoms with Crippen LogP contribution in [0.25, 0.3) is 10.9 Å². The normalized spacial score (nSPS) is 25.0. The lowest BCUT2D eigenvalue weighted by Gasteiger charge is -2.52. The Labute approximate surface area is 196 Å². The minimum absolute atomic E-state index is 0.229. The summed E-state index contributed by atoms with van der Waals surface area (Å²) in [6, 6.07) is 17.3. The lowest BCUT2D eigenvalue weighted by molar-refractivity contribution is 0.0121. The maximum atomic E-state index is 5.65. The molecule has 3 aliphatic rings. The van der Waals surface area contributed by atoms with Gasteiger partial charge in [0, 0.05) is 37.2 Å². The van der Waals surface area contributed by atoms with Gasteiger partial charge in [-0.25, -0.2) is 0 Å². The first-order valence-electron chi connectivity index (χ1n) is 11.7. The van der Waals surface area contributed by atoms with Crippen LogP contribution in [0.1, 0.15) is 29.9 Å². The average molecular weight is 445 g/mol. The van der Waals surface area contributed by atoms with Gasteiger partial charge >= 0.3 is 0 Å². The SMILES string of the molecule is C=C[C@H]1CN2CC[C@H]1C[C@H]2[C@@H](c1ccc(OCOC)cc1)c1ccnc2ccc(OC)cc12. The summed E-state index contributed by atoms with van der Waals surface area (Å²) in [6.45, 7) is 6.60. The molecule has 6 rings (SSSR count). The highest BCUT2D eigenvalue weighted by atomic mass is 16.7. The average Bonchev–Trinajstić information content (AvgIpc) is 2.88. The zero-order valence-electron chi connectivity index (χ0n) is 19.4. The van der Waals surface area contributed by atoms with Gasteiger partial charge in [-0.15, -0.1) is 6.58 Å². The van der Waals surface area contributed by atoms with Crippen molar-refractivity contribution in [2.75, 3.05) is 34.1 Å². The van der Waals surface area contributed by atoms with Gasteiger partial charge in [0.15, 0.2) is 6.79 Å². The highest BCUT2D eigenvalue weighted by molar-refractivity contribution is 5.84. The zero-order valence-corrected chi connectivity index (χ0v) is 19.4. The lowest BCUT2D eigenvalue weighted by Crippen LogP contribution is -2.55. The second-order valence-corrected chi connectivity index (χ2v) is 9.13. The fourth-order valence-corrected chi connectivity index (χ4v) is 5.78. The number of aromatic nitrogens is 1. The van der Waals surface area contributed by atoms with E-state index in [0.717, 1.165) is 35.5 Å².